The highest BCUT2D eigenvalue weighted by molar-refractivity contribution is 5.83. The van der Waals surface area contributed by atoms with Crippen LogP contribution in [-0.2, 0) is 11.2 Å². The predicted octanol–water partition coefficient (Wildman–Crippen LogP) is 2.07. The first-order valence-electron chi connectivity index (χ1n) is 7.19. The van der Waals surface area contributed by atoms with Gasteiger partial charge in [0.2, 0.25) is 5.91 Å². The minimum Gasteiger partial charge on any atom is -0.361 e. The summed E-state index contributed by atoms with van der Waals surface area (Å²) in [7, 11) is 0. The molecule has 1 aromatic heterocycles. The van der Waals surface area contributed by atoms with Crippen molar-refractivity contribution in [2.45, 2.75) is 20.3 Å². The van der Waals surface area contributed by atoms with Gasteiger partial charge >= 0.3 is 0 Å². The molecule has 0 saturated carbocycles. The molecule has 108 valence electrons. The van der Waals surface area contributed by atoms with E-state index in [2.05, 4.69) is 41.6 Å². The molecule has 0 spiro atoms. The van der Waals surface area contributed by atoms with Crippen molar-refractivity contribution >= 4 is 16.8 Å². The zero-order valence-corrected chi connectivity index (χ0v) is 12.2. The van der Waals surface area contributed by atoms with Crippen LogP contribution in [-0.4, -0.2) is 30.5 Å². The van der Waals surface area contributed by atoms with E-state index in [1.54, 1.807) is 0 Å². The number of amides is 1. The summed E-state index contributed by atoms with van der Waals surface area (Å²) >= 11 is 0. The molecule has 3 N–H and O–H groups in total. The Balaban J connectivity index is 1.74. The zero-order valence-electron chi connectivity index (χ0n) is 12.2. The number of fused-ring (bicyclic) bond motifs is 1. The molecule has 0 atom stereocenters. The first-order chi connectivity index (χ1) is 9.66. The molecule has 20 heavy (non-hydrogen) atoms. The Kier molecular flexibility index (Phi) is 5.18. The number of aromatic nitrogens is 1. The van der Waals surface area contributed by atoms with Gasteiger partial charge in [0.15, 0.2) is 0 Å². The quantitative estimate of drug-likeness (QED) is 0.723. The van der Waals surface area contributed by atoms with Crippen molar-refractivity contribution in [3.63, 3.8) is 0 Å². The van der Waals surface area contributed by atoms with E-state index in [0.717, 1.165) is 18.5 Å². The van der Waals surface area contributed by atoms with Crippen molar-refractivity contribution in [2.24, 2.45) is 5.92 Å². The van der Waals surface area contributed by atoms with Crippen molar-refractivity contribution in [3.8, 4) is 0 Å². The van der Waals surface area contributed by atoms with E-state index >= 15 is 0 Å². The third-order valence-corrected chi connectivity index (χ3v) is 3.23. The normalized spacial score (nSPS) is 11.2. The van der Waals surface area contributed by atoms with Gasteiger partial charge in [0, 0.05) is 23.6 Å². The van der Waals surface area contributed by atoms with Gasteiger partial charge in [-0.05, 0) is 30.5 Å². The minimum atomic E-state index is 0.0606. The average Bonchev–Trinajstić information content (AvgIpc) is 2.82. The SMILES string of the molecule is CC(C)CNCC(=O)NCCc1c[nH]c2ccccc12. The van der Waals surface area contributed by atoms with E-state index in [4.69, 9.17) is 0 Å². The van der Waals surface area contributed by atoms with Gasteiger partial charge in [-0.15, -0.1) is 0 Å². The molecular formula is C16H23N3O. The van der Waals surface area contributed by atoms with Gasteiger partial charge in [-0.3, -0.25) is 4.79 Å². The van der Waals surface area contributed by atoms with Gasteiger partial charge in [0.1, 0.15) is 0 Å². The standard InChI is InChI=1S/C16H23N3O/c1-12(2)9-17-11-16(20)18-8-7-13-10-19-15-6-4-3-5-14(13)15/h3-6,10,12,17,19H,7-9,11H2,1-2H3,(H,18,20). The molecule has 0 unspecified atom stereocenters. The van der Waals surface area contributed by atoms with E-state index in [-0.39, 0.29) is 5.91 Å². The second-order valence-electron chi connectivity index (χ2n) is 5.48. The van der Waals surface area contributed by atoms with Crippen LogP contribution in [0.4, 0.5) is 0 Å². The molecule has 0 radical (unpaired) electrons. The van der Waals surface area contributed by atoms with Crippen LogP contribution in [0.3, 0.4) is 0 Å². The highest BCUT2D eigenvalue weighted by Gasteiger charge is 2.04. The number of hydrogen-bond acceptors (Lipinski definition) is 2. The summed E-state index contributed by atoms with van der Waals surface area (Å²) in [4.78, 5) is 14.9. The lowest BCUT2D eigenvalue weighted by atomic mass is 10.1. The van der Waals surface area contributed by atoms with Crippen LogP contribution in [0.25, 0.3) is 10.9 Å². The molecule has 2 rings (SSSR count). The maximum absolute atomic E-state index is 11.6. The Labute approximate surface area is 120 Å². The summed E-state index contributed by atoms with van der Waals surface area (Å²) in [6.07, 6.45) is 2.87. The number of benzene rings is 1. The van der Waals surface area contributed by atoms with Gasteiger partial charge in [-0.1, -0.05) is 32.0 Å². The van der Waals surface area contributed by atoms with Crippen LogP contribution < -0.4 is 10.6 Å². The predicted molar refractivity (Wildman–Crippen MR) is 82.7 cm³/mol. The van der Waals surface area contributed by atoms with Crippen LogP contribution in [0.1, 0.15) is 19.4 Å². The summed E-state index contributed by atoms with van der Waals surface area (Å²) in [5, 5.41) is 7.32. The summed E-state index contributed by atoms with van der Waals surface area (Å²) in [6.45, 7) is 6.19. The fraction of sp³-hybridized carbons (Fsp3) is 0.438. The van der Waals surface area contributed by atoms with Gasteiger partial charge in [0.25, 0.3) is 0 Å². The smallest absolute Gasteiger partial charge is 0.233 e. The highest BCUT2D eigenvalue weighted by atomic mass is 16.1. The van der Waals surface area contributed by atoms with Crippen LogP contribution in [0.15, 0.2) is 30.5 Å². The minimum absolute atomic E-state index is 0.0606. The maximum Gasteiger partial charge on any atom is 0.233 e. The number of nitrogens with one attached hydrogen (secondary N) is 3. The maximum atomic E-state index is 11.6. The zero-order chi connectivity index (χ0) is 14.4. The summed E-state index contributed by atoms with van der Waals surface area (Å²) in [5.74, 6) is 0.625. The number of carbonyl (C=O) groups is 1. The number of H-pyrrole nitrogens is 1. The topological polar surface area (TPSA) is 56.9 Å². The lowest BCUT2D eigenvalue weighted by Gasteiger charge is -2.08. The molecule has 0 aliphatic rings. The van der Waals surface area contributed by atoms with Crippen molar-refractivity contribution in [2.75, 3.05) is 19.6 Å². The van der Waals surface area contributed by atoms with E-state index in [9.17, 15) is 4.79 Å². The molecule has 1 aromatic carbocycles. The second kappa shape index (κ2) is 7.10. The van der Waals surface area contributed by atoms with Crippen molar-refractivity contribution in [3.05, 3.63) is 36.0 Å². The monoisotopic (exact) mass is 273 g/mol. The van der Waals surface area contributed by atoms with E-state index in [0.29, 0.717) is 19.0 Å². The fourth-order valence-electron chi connectivity index (χ4n) is 2.21. The number of para-hydroxylation sites is 1. The van der Waals surface area contributed by atoms with Crippen LogP contribution in [0.2, 0.25) is 0 Å². The summed E-state index contributed by atoms with van der Waals surface area (Å²) < 4.78 is 0. The molecule has 0 fully saturated rings. The van der Waals surface area contributed by atoms with Crippen molar-refractivity contribution in [1.29, 1.82) is 0 Å². The van der Waals surface area contributed by atoms with Gasteiger partial charge in [0.05, 0.1) is 6.54 Å². The molecule has 2 aromatic rings. The molecular weight excluding hydrogens is 250 g/mol. The molecule has 4 nitrogen and oxygen atoms in total. The molecule has 4 heteroatoms. The second-order valence-corrected chi connectivity index (χ2v) is 5.48. The van der Waals surface area contributed by atoms with Crippen LogP contribution >= 0.6 is 0 Å². The number of carbonyl (C=O) groups excluding carboxylic acids is 1. The number of aromatic amines is 1. The van der Waals surface area contributed by atoms with E-state index in [1.807, 2.05) is 18.3 Å². The Morgan fingerprint density at radius 3 is 2.90 bits per heavy atom. The molecule has 0 saturated heterocycles. The van der Waals surface area contributed by atoms with Gasteiger partial charge < -0.3 is 15.6 Å². The van der Waals surface area contributed by atoms with Crippen LogP contribution in [0.5, 0.6) is 0 Å². The van der Waals surface area contributed by atoms with Gasteiger partial charge in [-0.25, -0.2) is 0 Å². The molecule has 0 aliphatic carbocycles. The molecule has 1 amide bonds. The Hall–Kier alpha value is -1.81. The first-order valence-corrected chi connectivity index (χ1v) is 7.19. The van der Waals surface area contributed by atoms with Crippen molar-refractivity contribution < 1.29 is 4.79 Å². The van der Waals surface area contributed by atoms with Crippen molar-refractivity contribution in [1.82, 2.24) is 15.6 Å². The Morgan fingerprint density at radius 2 is 2.10 bits per heavy atom. The van der Waals surface area contributed by atoms with E-state index < -0.39 is 0 Å². The summed E-state index contributed by atoms with van der Waals surface area (Å²) in [6, 6.07) is 8.22. The molecule has 1 heterocycles. The van der Waals surface area contributed by atoms with Crippen LogP contribution in [0, 0.1) is 5.92 Å². The fourth-order valence-corrected chi connectivity index (χ4v) is 2.21. The number of rotatable bonds is 7. The summed E-state index contributed by atoms with van der Waals surface area (Å²) in [5.41, 5.74) is 2.39. The van der Waals surface area contributed by atoms with Gasteiger partial charge in [-0.2, -0.15) is 0 Å². The Morgan fingerprint density at radius 1 is 1.30 bits per heavy atom. The highest BCUT2D eigenvalue weighted by Crippen LogP contribution is 2.17. The largest absolute Gasteiger partial charge is 0.361 e. The third kappa shape index (κ3) is 4.10. The lowest BCUT2D eigenvalue weighted by Crippen LogP contribution is -2.36. The Bertz CT molecular complexity index is 560. The molecule has 0 aliphatic heterocycles. The lowest BCUT2D eigenvalue weighted by molar-refractivity contribution is -0.120. The first kappa shape index (κ1) is 14.6. The third-order valence-electron chi connectivity index (χ3n) is 3.23. The molecule has 0 bridgehead atoms. The van der Waals surface area contributed by atoms with E-state index in [1.165, 1.54) is 10.9 Å². The average molecular weight is 273 g/mol. The number of hydrogen-bond donors (Lipinski definition) is 3.